The fourth-order valence-electron chi connectivity index (χ4n) is 2.06. The van der Waals surface area contributed by atoms with E-state index >= 15 is 0 Å². The van der Waals surface area contributed by atoms with Gasteiger partial charge in [-0.3, -0.25) is 0 Å². The number of rotatable bonds is 2. The average Bonchev–Trinajstić information content (AvgIpc) is 2.46. The predicted molar refractivity (Wildman–Crippen MR) is 50.5 cm³/mol. The first kappa shape index (κ1) is 8.73. The Bertz CT molecular complexity index is 305. The van der Waals surface area contributed by atoms with Crippen molar-refractivity contribution in [1.82, 2.24) is 0 Å². The van der Waals surface area contributed by atoms with Crippen molar-refractivity contribution >= 4 is 0 Å². The van der Waals surface area contributed by atoms with Gasteiger partial charge >= 0.3 is 0 Å². The van der Waals surface area contributed by atoms with E-state index in [9.17, 15) is 5.11 Å². The lowest BCUT2D eigenvalue weighted by Crippen LogP contribution is -2.28. The van der Waals surface area contributed by atoms with Gasteiger partial charge in [-0.25, -0.2) is 0 Å². The summed E-state index contributed by atoms with van der Waals surface area (Å²) < 4.78 is 5.04. The minimum Gasteiger partial charge on any atom is -0.383 e. The largest absolute Gasteiger partial charge is 0.383 e. The van der Waals surface area contributed by atoms with Crippen molar-refractivity contribution in [2.45, 2.75) is 18.4 Å². The van der Waals surface area contributed by atoms with Gasteiger partial charge in [-0.1, -0.05) is 24.3 Å². The number of fused-ring (bicyclic) bond motifs is 1. The molecule has 1 aliphatic rings. The molecule has 2 nitrogen and oxygen atoms in total. The smallest absolute Gasteiger partial charge is 0.113 e. The summed E-state index contributed by atoms with van der Waals surface area (Å²) >= 11 is 0. The van der Waals surface area contributed by atoms with Crippen molar-refractivity contribution in [3.05, 3.63) is 35.4 Å². The van der Waals surface area contributed by atoms with E-state index in [1.165, 1.54) is 5.56 Å². The number of ether oxygens (including phenoxy) is 1. The minimum absolute atomic E-state index is 0.393. The third kappa shape index (κ3) is 1.36. The molecule has 0 aromatic heterocycles. The Morgan fingerprint density at radius 1 is 1.46 bits per heavy atom. The monoisotopic (exact) mass is 178 g/mol. The Labute approximate surface area is 78.2 Å². The molecule has 1 unspecified atom stereocenters. The van der Waals surface area contributed by atoms with Gasteiger partial charge in [0.1, 0.15) is 5.60 Å². The summed E-state index contributed by atoms with van der Waals surface area (Å²) in [6, 6.07) is 8.03. The fraction of sp³-hybridized carbons (Fsp3) is 0.455. The van der Waals surface area contributed by atoms with E-state index in [4.69, 9.17) is 4.74 Å². The molecule has 0 spiro atoms. The van der Waals surface area contributed by atoms with Gasteiger partial charge in [0, 0.05) is 7.11 Å². The lowest BCUT2D eigenvalue weighted by molar-refractivity contribution is -0.0340. The van der Waals surface area contributed by atoms with E-state index in [2.05, 4.69) is 6.07 Å². The van der Waals surface area contributed by atoms with Crippen LogP contribution in [-0.2, 0) is 16.8 Å². The van der Waals surface area contributed by atoms with Crippen LogP contribution in [0.1, 0.15) is 17.5 Å². The van der Waals surface area contributed by atoms with Crippen LogP contribution in [0, 0.1) is 0 Å². The third-order valence-electron chi connectivity index (χ3n) is 2.71. The third-order valence-corrected chi connectivity index (χ3v) is 2.71. The van der Waals surface area contributed by atoms with Gasteiger partial charge in [-0.15, -0.1) is 0 Å². The summed E-state index contributed by atoms with van der Waals surface area (Å²) in [4.78, 5) is 0. The highest BCUT2D eigenvalue weighted by atomic mass is 16.5. The lowest BCUT2D eigenvalue weighted by atomic mass is 9.97. The first-order valence-corrected chi connectivity index (χ1v) is 4.56. The standard InChI is InChI=1S/C11H14O2/c1-13-8-11(12)7-6-9-4-2-3-5-10(9)11/h2-5,12H,6-8H2,1H3. The van der Waals surface area contributed by atoms with Crippen LogP contribution in [0.15, 0.2) is 24.3 Å². The van der Waals surface area contributed by atoms with Gasteiger partial charge in [-0.2, -0.15) is 0 Å². The molecule has 1 aliphatic carbocycles. The molecule has 0 aliphatic heterocycles. The molecule has 1 N–H and O–H groups in total. The first-order chi connectivity index (χ1) is 6.26. The van der Waals surface area contributed by atoms with Crippen molar-refractivity contribution in [2.75, 3.05) is 13.7 Å². The Balaban J connectivity index is 2.37. The topological polar surface area (TPSA) is 29.5 Å². The predicted octanol–water partition coefficient (Wildman–Crippen LogP) is 1.47. The van der Waals surface area contributed by atoms with Gasteiger partial charge < -0.3 is 9.84 Å². The second-order valence-corrected chi connectivity index (χ2v) is 3.62. The van der Waals surface area contributed by atoms with E-state index in [1.54, 1.807) is 7.11 Å². The number of hydrogen-bond donors (Lipinski definition) is 1. The van der Waals surface area contributed by atoms with Crippen molar-refractivity contribution < 1.29 is 9.84 Å². The summed E-state index contributed by atoms with van der Waals surface area (Å²) in [6.07, 6.45) is 1.73. The van der Waals surface area contributed by atoms with Crippen LogP contribution < -0.4 is 0 Å². The number of hydrogen-bond acceptors (Lipinski definition) is 2. The maximum Gasteiger partial charge on any atom is 0.113 e. The number of methoxy groups -OCH3 is 1. The van der Waals surface area contributed by atoms with Gasteiger partial charge in [0.25, 0.3) is 0 Å². The van der Waals surface area contributed by atoms with Crippen molar-refractivity contribution in [1.29, 1.82) is 0 Å². The summed E-state index contributed by atoms with van der Waals surface area (Å²) in [5.41, 5.74) is 1.55. The molecule has 0 heterocycles. The molecule has 0 bridgehead atoms. The Morgan fingerprint density at radius 3 is 3.00 bits per heavy atom. The van der Waals surface area contributed by atoms with E-state index in [1.807, 2.05) is 18.2 Å². The molecule has 0 saturated carbocycles. The molecule has 0 radical (unpaired) electrons. The number of aryl methyl sites for hydroxylation is 1. The molecule has 1 atom stereocenters. The molecule has 13 heavy (non-hydrogen) atoms. The molecule has 1 aromatic rings. The molecule has 0 fully saturated rings. The maximum atomic E-state index is 10.2. The van der Waals surface area contributed by atoms with Crippen LogP contribution in [0.25, 0.3) is 0 Å². The van der Waals surface area contributed by atoms with Gasteiger partial charge in [0.15, 0.2) is 0 Å². The highest BCUT2D eigenvalue weighted by molar-refractivity contribution is 5.37. The number of aliphatic hydroxyl groups is 1. The fourth-order valence-corrected chi connectivity index (χ4v) is 2.06. The lowest BCUT2D eigenvalue weighted by Gasteiger charge is -2.22. The van der Waals surface area contributed by atoms with Crippen molar-refractivity contribution in [3.63, 3.8) is 0 Å². The molecule has 1 aromatic carbocycles. The summed E-state index contributed by atoms with van der Waals surface area (Å²) in [6.45, 7) is 0.393. The van der Waals surface area contributed by atoms with Crippen LogP contribution in [0.3, 0.4) is 0 Å². The minimum atomic E-state index is -0.745. The first-order valence-electron chi connectivity index (χ1n) is 4.56. The summed E-state index contributed by atoms with van der Waals surface area (Å²) in [5.74, 6) is 0. The molecule has 2 rings (SSSR count). The molecule has 2 heteroatoms. The van der Waals surface area contributed by atoms with Gasteiger partial charge in [0.2, 0.25) is 0 Å². The van der Waals surface area contributed by atoms with Gasteiger partial charge in [0.05, 0.1) is 6.61 Å². The average molecular weight is 178 g/mol. The zero-order valence-electron chi connectivity index (χ0n) is 7.79. The molecule has 70 valence electrons. The maximum absolute atomic E-state index is 10.2. The van der Waals surface area contributed by atoms with Crippen molar-refractivity contribution in [2.24, 2.45) is 0 Å². The van der Waals surface area contributed by atoms with Crippen LogP contribution in [0.2, 0.25) is 0 Å². The van der Waals surface area contributed by atoms with Crippen LogP contribution in [0.4, 0.5) is 0 Å². The quantitative estimate of drug-likeness (QED) is 0.743. The van der Waals surface area contributed by atoms with Gasteiger partial charge in [-0.05, 0) is 24.0 Å². The molecule has 0 saturated heterocycles. The second-order valence-electron chi connectivity index (χ2n) is 3.62. The summed E-state index contributed by atoms with van der Waals surface area (Å²) in [7, 11) is 1.62. The SMILES string of the molecule is COCC1(O)CCc2ccccc21. The molecular weight excluding hydrogens is 164 g/mol. The second kappa shape index (κ2) is 3.13. The Hall–Kier alpha value is -0.860. The van der Waals surface area contributed by atoms with E-state index in [0.717, 1.165) is 18.4 Å². The highest BCUT2D eigenvalue weighted by Gasteiger charge is 2.36. The summed E-state index contributed by atoms with van der Waals surface area (Å²) in [5, 5.41) is 10.2. The zero-order chi connectivity index (χ0) is 9.31. The van der Waals surface area contributed by atoms with Crippen molar-refractivity contribution in [3.8, 4) is 0 Å². The molecule has 0 amide bonds. The normalized spacial score (nSPS) is 26.0. The van der Waals surface area contributed by atoms with Crippen LogP contribution in [0.5, 0.6) is 0 Å². The highest BCUT2D eigenvalue weighted by Crippen LogP contribution is 2.36. The Kier molecular flexibility index (Phi) is 2.10. The van der Waals surface area contributed by atoms with E-state index < -0.39 is 5.60 Å². The van der Waals surface area contributed by atoms with Crippen LogP contribution in [-0.4, -0.2) is 18.8 Å². The molecular formula is C11H14O2. The Morgan fingerprint density at radius 2 is 2.23 bits per heavy atom. The van der Waals surface area contributed by atoms with E-state index in [-0.39, 0.29) is 0 Å². The van der Waals surface area contributed by atoms with E-state index in [0.29, 0.717) is 6.61 Å². The van der Waals surface area contributed by atoms with Crippen LogP contribution >= 0.6 is 0 Å². The number of benzene rings is 1. The zero-order valence-corrected chi connectivity index (χ0v) is 7.79.